The fourth-order valence-corrected chi connectivity index (χ4v) is 4.86. The molecule has 156 valence electrons. The summed E-state index contributed by atoms with van der Waals surface area (Å²) in [5, 5.41) is 3.56. The van der Waals surface area contributed by atoms with Crippen molar-refractivity contribution in [1.29, 1.82) is 0 Å². The molecule has 0 bridgehead atoms. The molecule has 0 saturated heterocycles. The summed E-state index contributed by atoms with van der Waals surface area (Å²) in [5.74, 6) is 0.998. The molecule has 0 amide bonds. The van der Waals surface area contributed by atoms with Crippen molar-refractivity contribution in [3.05, 3.63) is 48.0 Å². The Balaban J connectivity index is 2.00. The van der Waals surface area contributed by atoms with Gasteiger partial charge in [-0.3, -0.25) is 0 Å². The molecule has 0 unspecified atom stereocenters. The maximum Gasteiger partial charge on any atom is 0.243 e. The first-order valence-corrected chi connectivity index (χ1v) is 11.6. The Morgan fingerprint density at radius 3 is 2.29 bits per heavy atom. The topological polar surface area (TPSA) is 78.1 Å². The van der Waals surface area contributed by atoms with E-state index in [4.69, 9.17) is 0 Å². The van der Waals surface area contributed by atoms with Gasteiger partial charge in [0, 0.05) is 37.4 Å². The Labute approximate surface area is 169 Å². The number of rotatable bonds is 12. The van der Waals surface area contributed by atoms with Gasteiger partial charge in [0.1, 0.15) is 5.82 Å². The van der Waals surface area contributed by atoms with E-state index in [1.54, 1.807) is 22.6 Å². The molecule has 28 heavy (non-hydrogen) atoms. The van der Waals surface area contributed by atoms with Crippen molar-refractivity contribution in [2.45, 2.75) is 63.8 Å². The quantitative estimate of drug-likeness (QED) is 0.527. The number of nitrogens with one attached hydrogen (secondary N) is 2. The second kappa shape index (κ2) is 10.2. The summed E-state index contributed by atoms with van der Waals surface area (Å²) in [6.45, 7) is 10.2. The molecule has 0 aliphatic heterocycles. The molecule has 0 fully saturated rings. The molecular formula is C21H34N4O2S. The van der Waals surface area contributed by atoms with E-state index in [0.29, 0.717) is 18.0 Å². The Bertz CT molecular complexity index is 793. The van der Waals surface area contributed by atoms with E-state index < -0.39 is 10.0 Å². The minimum Gasteiger partial charge on any atom is -0.349 e. The fraction of sp³-hybridized carbons (Fsp3) is 0.571. The number of sulfonamides is 1. The number of aromatic nitrogens is 2. The van der Waals surface area contributed by atoms with Crippen molar-refractivity contribution < 1.29 is 8.42 Å². The zero-order chi connectivity index (χ0) is 20.6. The summed E-state index contributed by atoms with van der Waals surface area (Å²) in [6, 6.07) is 7.30. The Hall–Kier alpha value is -1.70. The molecule has 6 nitrogen and oxygen atoms in total. The summed E-state index contributed by atoms with van der Waals surface area (Å²) < 4.78 is 27.4. The summed E-state index contributed by atoms with van der Waals surface area (Å²) in [5.41, 5.74) is 0.833. The average Bonchev–Trinajstić information content (AvgIpc) is 3.19. The highest BCUT2D eigenvalue weighted by Crippen LogP contribution is 2.23. The normalized spacial score (nSPS) is 12.6. The van der Waals surface area contributed by atoms with Crippen LogP contribution in [-0.2, 0) is 22.0 Å². The van der Waals surface area contributed by atoms with Crippen molar-refractivity contribution in [3.8, 4) is 0 Å². The Kier molecular flexibility index (Phi) is 8.22. The van der Waals surface area contributed by atoms with Crippen molar-refractivity contribution in [2.24, 2.45) is 0 Å². The lowest BCUT2D eigenvalue weighted by Crippen LogP contribution is -2.37. The number of imidazole rings is 1. The van der Waals surface area contributed by atoms with Gasteiger partial charge >= 0.3 is 0 Å². The third-order valence-electron chi connectivity index (χ3n) is 4.87. The van der Waals surface area contributed by atoms with Gasteiger partial charge in [-0.2, -0.15) is 4.31 Å². The molecule has 0 aliphatic rings. The van der Waals surface area contributed by atoms with Gasteiger partial charge in [0.25, 0.3) is 0 Å². The highest BCUT2D eigenvalue weighted by molar-refractivity contribution is 7.89. The highest BCUT2D eigenvalue weighted by atomic mass is 32.2. The molecule has 2 rings (SSSR count). The Morgan fingerprint density at radius 1 is 1.11 bits per heavy atom. The predicted molar refractivity (Wildman–Crippen MR) is 114 cm³/mol. The SMILES string of the molecule is CCCN(CCC)S(=O)(=O)c1ccc(C(C)(C)NCCCc2ncc[nH]2)cc1. The van der Waals surface area contributed by atoms with E-state index in [-0.39, 0.29) is 5.54 Å². The monoisotopic (exact) mass is 406 g/mol. The molecule has 1 aromatic heterocycles. The van der Waals surface area contributed by atoms with Gasteiger partial charge in [-0.15, -0.1) is 0 Å². The van der Waals surface area contributed by atoms with Gasteiger partial charge in [0.05, 0.1) is 4.90 Å². The van der Waals surface area contributed by atoms with Crippen LogP contribution < -0.4 is 5.32 Å². The molecule has 0 radical (unpaired) electrons. The van der Waals surface area contributed by atoms with Crippen LogP contribution in [0.2, 0.25) is 0 Å². The zero-order valence-corrected chi connectivity index (χ0v) is 18.3. The van der Waals surface area contributed by atoms with Gasteiger partial charge in [0.2, 0.25) is 10.0 Å². The number of aryl methyl sites for hydroxylation is 1. The molecule has 1 heterocycles. The Morgan fingerprint density at radius 2 is 1.75 bits per heavy atom. The summed E-state index contributed by atoms with van der Waals surface area (Å²) in [6.07, 6.45) is 7.11. The van der Waals surface area contributed by atoms with Crippen LogP contribution in [-0.4, -0.2) is 42.3 Å². The molecule has 1 aromatic carbocycles. The number of hydrogen-bond donors (Lipinski definition) is 2. The first-order chi connectivity index (χ1) is 13.3. The van der Waals surface area contributed by atoms with E-state index in [9.17, 15) is 8.42 Å². The third-order valence-corrected chi connectivity index (χ3v) is 6.78. The van der Waals surface area contributed by atoms with Gasteiger partial charge < -0.3 is 10.3 Å². The number of aromatic amines is 1. The minimum atomic E-state index is -3.43. The zero-order valence-electron chi connectivity index (χ0n) is 17.5. The second-order valence-electron chi connectivity index (χ2n) is 7.62. The molecule has 2 N–H and O–H groups in total. The first kappa shape index (κ1) is 22.6. The lowest BCUT2D eigenvalue weighted by Gasteiger charge is -2.28. The van der Waals surface area contributed by atoms with Gasteiger partial charge in [-0.1, -0.05) is 26.0 Å². The van der Waals surface area contributed by atoms with E-state index in [1.165, 1.54) is 0 Å². The van der Waals surface area contributed by atoms with E-state index in [1.807, 2.05) is 32.2 Å². The average molecular weight is 407 g/mol. The summed E-state index contributed by atoms with van der Waals surface area (Å²) in [4.78, 5) is 7.72. The lowest BCUT2D eigenvalue weighted by molar-refractivity contribution is 0.398. The maximum absolute atomic E-state index is 12.9. The van der Waals surface area contributed by atoms with Crippen molar-refractivity contribution >= 4 is 10.0 Å². The molecule has 2 aromatic rings. The molecular weight excluding hydrogens is 372 g/mol. The fourth-order valence-electron chi connectivity index (χ4n) is 3.24. The van der Waals surface area contributed by atoms with Crippen molar-refractivity contribution in [3.63, 3.8) is 0 Å². The maximum atomic E-state index is 12.9. The number of nitrogens with zero attached hydrogens (tertiary/aromatic N) is 2. The predicted octanol–water partition coefficient (Wildman–Crippen LogP) is 3.68. The standard InChI is InChI=1S/C21H34N4O2S/c1-5-16-25(17-6-2)28(26,27)19-11-9-18(10-12-19)21(3,4)24-13-7-8-20-22-14-15-23-20/h9-12,14-15,24H,5-8,13,16-17H2,1-4H3,(H,22,23). The number of hydrogen-bond acceptors (Lipinski definition) is 4. The van der Waals surface area contributed by atoms with Crippen molar-refractivity contribution in [2.75, 3.05) is 19.6 Å². The molecule has 0 aliphatic carbocycles. The van der Waals surface area contributed by atoms with Gasteiger partial charge in [-0.05, 0) is 57.4 Å². The van der Waals surface area contributed by atoms with Gasteiger partial charge in [-0.25, -0.2) is 13.4 Å². The molecule has 7 heteroatoms. The number of H-pyrrole nitrogens is 1. The summed E-state index contributed by atoms with van der Waals surface area (Å²) >= 11 is 0. The van der Waals surface area contributed by atoms with E-state index in [0.717, 1.165) is 43.6 Å². The first-order valence-electron chi connectivity index (χ1n) is 10.1. The third kappa shape index (κ3) is 5.90. The van der Waals surface area contributed by atoms with Crippen molar-refractivity contribution in [1.82, 2.24) is 19.6 Å². The van der Waals surface area contributed by atoms with Crippen LogP contribution in [0.5, 0.6) is 0 Å². The van der Waals surface area contributed by atoms with Crippen LogP contribution in [0.3, 0.4) is 0 Å². The molecule has 0 saturated carbocycles. The lowest BCUT2D eigenvalue weighted by atomic mass is 9.94. The highest BCUT2D eigenvalue weighted by Gasteiger charge is 2.25. The van der Waals surface area contributed by atoms with E-state index in [2.05, 4.69) is 29.1 Å². The van der Waals surface area contributed by atoms with Crippen LogP contribution in [0.4, 0.5) is 0 Å². The molecule has 0 spiro atoms. The van der Waals surface area contributed by atoms with Gasteiger partial charge in [0.15, 0.2) is 0 Å². The largest absolute Gasteiger partial charge is 0.349 e. The van der Waals surface area contributed by atoms with Crippen LogP contribution in [0.15, 0.2) is 41.6 Å². The van der Waals surface area contributed by atoms with Crippen LogP contribution in [0.25, 0.3) is 0 Å². The minimum absolute atomic E-state index is 0.238. The smallest absolute Gasteiger partial charge is 0.243 e. The van der Waals surface area contributed by atoms with Crippen LogP contribution in [0.1, 0.15) is 58.3 Å². The van der Waals surface area contributed by atoms with Crippen LogP contribution >= 0.6 is 0 Å². The van der Waals surface area contributed by atoms with E-state index >= 15 is 0 Å². The van der Waals surface area contributed by atoms with Crippen LogP contribution in [0, 0.1) is 0 Å². The summed E-state index contributed by atoms with van der Waals surface area (Å²) in [7, 11) is -3.43. The number of benzene rings is 1. The molecule has 0 atom stereocenters. The second-order valence-corrected chi connectivity index (χ2v) is 9.56.